The Morgan fingerprint density at radius 2 is 1.40 bits per heavy atom. The number of carbonyl (C=O) groups is 2. The van der Waals surface area contributed by atoms with Crippen LogP contribution in [-0.2, 0) is 46.1 Å². The van der Waals surface area contributed by atoms with Crippen molar-refractivity contribution < 1.29 is 33.3 Å². The molecule has 10 nitrogen and oxygen atoms in total. The monoisotopic (exact) mass is 603 g/mol. The molecule has 0 saturated heterocycles. The minimum Gasteiger partial charge on any atom is -0.383 e. The summed E-state index contributed by atoms with van der Waals surface area (Å²) < 4.78 is 26.9. The lowest BCUT2D eigenvalue weighted by molar-refractivity contribution is -0.122. The average molecular weight is 604 g/mol. The van der Waals surface area contributed by atoms with Crippen LogP contribution in [0, 0.1) is 0 Å². The fourth-order valence-electron chi connectivity index (χ4n) is 4.51. The Morgan fingerprint density at radius 1 is 0.791 bits per heavy atom. The highest BCUT2D eigenvalue weighted by molar-refractivity contribution is 5.84. The number of benzene rings is 1. The van der Waals surface area contributed by atoms with Gasteiger partial charge < -0.3 is 39.5 Å². The van der Waals surface area contributed by atoms with E-state index in [1.165, 1.54) is 23.8 Å². The summed E-state index contributed by atoms with van der Waals surface area (Å²) in [5.74, 6) is 0.666. The number of rotatable bonds is 28. The Hall–Kier alpha value is -2.63. The van der Waals surface area contributed by atoms with Crippen molar-refractivity contribution in [3.63, 3.8) is 0 Å². The van der Waals surface area contributed by atoms with E-state index in [1.54, 1.807) is 0 Å². The number of carbonyl (C=O) groups excluding carboxylic acids is 2. The molecule has 0 unspecified atom stereocenters. The van der Waals surface area contributed by atoms with Crippen molar-refractivity contribution in [2.24, 2.45) is 0 Å². The number of pyridine rings is 1. The molecule has 10 heteroatoms. The largest absolute Gasteiger partial charge is 0.383 e. The maximum absolute atomic E-state index is 12.1. The zero-order chi connectivity index (χ0) is 30.8. The number of anilines is 1. The number of fused-ring (bicyclic) bond motifs is 1. The van der Waals surface area contributed by atoms with Gasteiger partial charge in [0.15, 0.2) is 0 Å². The number of aryl methyl sites for hydroxylation is 2. The number of nitrogens with one attached hydrogen (secondary N) is 1. The molecule has 0 spiro atoms. The number of nitrogens with zero attached hydrogens (tertiary/aromatic N) is 1. The zero-order valence-electron chi connectivity index (χ0n) is 26.1. The third-order valence-corrected chi connectivity index (χ3v) is 6.90. The molecule has 0 radical (unpaired) electrons. The van der Waals surface area contributed by atoms with Crippen LogP contribution in [-0.4, -0.2) is 89.8 Å². The number of amides is 1. The average Bonchev–Trinajstić information content (AvgIpc) is 3.01. The first-order valence-corrected chi connectivity index (χ1v) is 15.9. The molecule has 0 saturated carbocycles. The van der Waals surface area contributed by atoms with Gasteiger partial charge in [0.1, 0.15) is 12.1 Å². The molecule has 3 N–H and O–H groups in total. The number of hydrogen-bond donors (Lipinski definition) is 2. The fraction of sp³-hybridized carbons (Fsp3) is 0.667. The van der Waals surface area contributed by atoms with E-state index < -0.39 is 0 Å². The second-order valence-corrected chi connectivity index (χ2v) is 10.4. The highest BCUT2D eigenvalue weighted by Gasteiger charge is 2.08. The van der Waals surface area contributed by atoms with Crippen molar-refractivity contribution in [3.05, 3.63) is 35.4 Å². The van der Waals surface area contributed by atoms with Gasteiger partial charge in [-0.25, -0.2) is 4.98 Å². The van der Waals surface area contributed by atoms with Crippen LogP contribution in [0.4, 0.5) is 5.82 Å². The lowest BCUT2D eigenvalue weighted by Gasteiger charge is -2.11. The van der Waals surface area contributed by atoms with Gasteiger partial charge in [0, 0.05) is 24.8 Å². The van der Waals surface area contributed by atoms with Crippen molar-refractivity contribution in [3.8, 4) is 0 Å². The number of ether oxygens (including phenoxy) is 5. The molecule has 0 aliphatic heterocycles. The molecular weight excluding hydrogens is 550 g/mol. The minimum absolute atomic E-state index is 0.0115. The van der Waals surface area contributed by atoms with Crippen molar-refractivity contribution in [1.29, 1.82) is 0 Å². The van der Waals surface area contributed by atoms with Gasteiger partial charge in [-0.15, -0.1) is 0 Å². The fourth-order valence-corrected chi connectivity index (χ4v) is 4.51. The van der Waals surface area contributed by atoms with E-state index in [-0.39, 0.29) is 5.91 Å². The molecule has 0 fully saturated rings. The standard InChI is InChI=1S/C33H53N3O7/c1-2-3-5-11-29-27-30-28(12-8-13-31(30)36-33(29)34)10-6-4-7-15-35-32(38)14-18-40-20-22-42-24-26-43-25-23-41-21-19-39-17-9-16-37/h8,12-13,16,27H,2-7,9-11,14-15,17-26H2,1H3,(H2,34,36)(H,35,38). The first-order chi connectivity index (χ1) is 21.2. The molecule has 2 aromatic rings. The Kier molecular flexibility index (Phi) is 21.1. The predicted octanol–water partition coefficient (Wildman–Crippen LogP) is 4.44. The van der Waals surface area contributed by atoms with Crippen LogP contribution in [0.3, 0.4) is 0 Å². The van der Waals surface area contributed by atoms with Crippen LogP contribution in [0.5, 0.6) is 0 Å². The van der Waals surface area contributed by atoms with Crippen LogP contribution < -0.4 is 11.1 Å². The van der Waals surface area contributed by atoms with Gasteiger partial charge >= 0.3 is 0 Å². The number of aromatic nitrogens is 1. The maximum atomic E-state index is 12.1. The minimum atomic E-state index is 0.0115. The summed E-state index contributed by atoms with van der Waals surface area (Å²) >= 11 is 0. The molecule has 0 atom stereocenters. The van der Waals surface area contributed by atoms with Crippen molar-refractivity contribution in [2.75, 3.05) is 78.3 Å². The molecule has 0 bridgehead atoms. The summed E-state index contributed by atoms with van der Waals surface area (Å²) in [5.41, 5.74) is 9.66. The molecule has 2 rings (SSSR count). The number of nitrogens with two attached hydrogens (primary N) is 1. The molecule has 43 heavy (non-hydrogen) atoms. The molecule has 1 aromatic carbocycles. The summed E-state index contributed by atoms with van der Waals surface area (Å²) in [5, 5.41) is 4.19. The summed E-state index contributed by atoms with van der Waals surface area (Å²) in [6.07, 6.45) is 10.1. The van der Waals surface area contributed by atoms with Gasteiger partial charge in [0.2, 0.25) is 5.91 Å². The molecule has 1 heterocycles. The Morgan fingerprint density at radius 3 is 2.05 bits per heavy atom. The summed E-state index contributed by atoms with van der Waals surface area (Å²) in [4.78, 5) is 26.9. The van der Waals surface area contributed by atoms with E-state index in [2.05, 4.69) is 35.4 Å². The van der Waals surface area contributed by atoms with Gasteiger partial charge in [-0.2, -0.15) is 0 Å². The maximum Gasteiger partial charge on any atom is 0.222 e. The van der Waals surface area contributed by atoms with E-state index in [1.807, 2.05) is 6.07 Å². The first-order valence-electron chi connectivity index (χ1n) is 15.9. The number of unbranched alkanes of at least 4 members (excludes halogenated alkanes) is 4. The van der Waals surface area contributed by atoms with Gasteiger partial charge in [0.25, 0.3) is 0 Å². The normalized spacial score (nSPS) is 11.3. The highest BCUT2D eigenvalue weighted by Crippen LogP contribution is 2.24. The highest BCUT2D eigenvalue weighted by atomic mass is 16.6. The lowest BCUT2D eigenvalue weighted by Crippen LogP contribution is -2.25. The molecule has 0 aliphatic rings. The summed E-state index contributed by atoms with van der Waals surface area (Å²) in [6, 6.07) is 8.52. The molecular formula is C33H53N3O7. The third kappa shape index (κ3) is 17.3. The van der Waals surface area contributed by atoms with Crippen LogP contribution in [0.25, 0.3) is 10.9 Å². The van der Waals surface area contributed by atoms with Crippen molar-refractivity contribution in [2.45, 2.75) is 71.1 Å². The topological polar surface area (TPSA) is 131 Å². The van der Waals surface area contributed by atoms with Gasteiger partial charge in [-0.05, 0) is 55.4 Å². The molecule has 1 aromatic heterocycles. The first kappa shape index (κ1) is 36.6. The van der Waals surface area contributed by atoms with Gasteiger partial charge in [0.05, 0.1) is 71.6 Å². The lowest BCUT2D eigenvalue weighted by atomic mass is 9.99. The Labute approximate surface area is 257 Å². The van der Waals surface area contributed by atoms with Crippen LogP contribution >= 0.6 is 0 Å². The number of hydrogen-bond acceptors (Lipinski definition) is 9. The molecule has 242 valence electrons. The van der Waals surface area contributed by atoms with Crippen LogP contribution in [0.2, 0.25) is 0 Å². The SMILES string of the molecule is CCCCCc1cc2c(CCCCCNC(=O)CCOCCOCCOCCOCCOCCC=O)cccc2nc1N. The Bertz CT molecular complexity index is 1020. The van der Waals surface area contributed by atoms with Crippen LogP contribution in [0.15, 0.2) is 24.3 Å². The van der Waals surface area contributed by atoms with Gasteiger partial charge in [-0.3, -0.25) is 4.79 Å². The second-order valence-electron chi connectivity index (χ2n) is 10.4. The van der Waals surface area contributed by atoms with Crippen LogP contribution in [0.1, 0.15) is 69.4 Å². The van der Waals surface area contributed by atoms with E-state index in [0.717, 1.165) is 55.9 Å². The van der Waals surface area contributed by atoms with E-state index in [0.29, 0.717) is 91.3 Å². The summed E-state index contributed by atoms with van der Waals surface area (Å²) in [7, 11) is 0. The van der Waals surface area contributed by atoms with E-state index >= 15 is 0 Å². The molecule has 0 aliphatic carbocycles. The van der Waals surface area contributed by atoms with Crippen molar-refractivity contribution in [1.82, 2.24) is 10.3 Å². The van der Waals surface area contributed by atoms with E-state index in [9.17, 15) is 9.59 Å². The van der Waals surface area contributed by atoms with Gasteiger partial charge in [-0.1, -0.05) is 38.3 Å². The zero-order valence-corrected chi connectivity index (χ0v) is 26.1. The number of aldehydes is 1. The Balaban J connectivity index is 1.42. The predicted molar refractivity (Wildman–Crippen MR) is 169 cm³/mol. The summed E-state index contributed by atoms with van der Waals surface area (Å²) in [6.45, 7) is 7.48. The second kappa shape index (κ2) is 24.8. The third-order valence-electron chi connectivity index (χ3n) is 6.90. The number of nitrogen functional groups attached to an aromatic ring is 1. The quantitative estimate of drug-likeness (QED) is 0.107. The van der Waals surface area contributed by atoms with E-state index in [4.69, 9.17) is 29.4 Å². The smallest absolute Gasteiger partial charge is 0.222 e. The molecule has 1 amide bonds. The van der Waals surface area contributed by atoms with Crippen molar-refractivity contribution >= 4 is 28.9 Å².